The number of halogens is 3. The van der Waals surface area contributed by atoms with Crippen LogP contribution in [0.1, 0.15) is 18.1 Å². The molecule has 6 nitrogen and oxygen atoms in total. The Hall–Kier alpha value is -3.59. The van der Waals surface area contributed by atoms with Gasteiger partial charge >= 0.3 is 6.36 Å². The Morgan fingerprint density at radius 2 is 1.80 bits per heavy atom. The largest absolute Gasteiger partial charge is 0.573 e. The number of hydrogen-bond donors (Lipinski definition) is 1. The molecule has 0 aliphatic rings. The molecule has 1 heterocycles. The second-order valence-corrected chi connectivity index (χ2v) is 8.35. The van der Waals surface area contributed by atoms with E-state index in [0.717, 1.165) is 41.9 Å². The fourth-order valence-electron chi connectivity index (χ4n) is 3.51. The van der Waals surface area contributed by atoms with Crippen molar-refractivity contribution in [3.8, 4) is 5.75 Å². The van der Waals surface area contributed by atoms with Gasteiger partial charge in [-0.1, -0.05) is 12.1 Å². The third-order valence-corrected chi connectivity index (χ3v) is 5.33. The maximum atomic E-state index is 12.4. The van der Waals surface area contributed by atoms with Crippen LogP contribution in [0.3, 0.4) is 0 Å². The molecule has 0 aliphatic heterocycles. The van der Waals surface area contributed by atoms with Crippen molar-refractivity contribution in [1.82, 2.24) is 9.88 Å². The van der Waals surface area contributed by atoms with Crippen molar-refractivity contribution in [2.45, 2.75) is 20.2 Å². The molecule has 0 spiro atoms. The normalized spacial score (nSPS) is 11.9. The summed E-state index contributed by atoms with van der Waals surface area (Å²) in [5.74, 6) is 0.246. The van der Waals surface area contributed by atoms with E-state index in [-0.39, 0.29) is 11.7 Å². The highest BCUT2D eigenvalue weighted by Gasteiger charge is 2.30. The molecule has 0 bridgehead atoms. The van der Waals surface area contributed by atoms with Gasteiger partial charge in [-0.05, 0) is 81.5 Å². The Morgan fingerprint density at radius 1 is 1.09 bits per heavy atom. The first-order valence-corrected chi connectivity index (χ1v) is 11.2. The smallest absolute Gasteiger partial charge is 0.406 e. The van der Waals surface area contributed by atoms with Gasteiger partial charge in [0.15, 0.2) is 0 Å². The second-order valence-electron chi connectivity index (χ2n) is 8.35. The van der Waals surface area contributed by atoms with Gasteiger partial charge in [0, 0.05) is 36.8 Å². The summed E-state index contributed by atoms with van der Waals surface area (Å²) in [6.45, 7) is 6.78. The molecule has 0 radical (unpaired) electrons. The third kappa shape index (κ3) is 7.71. The van der Waals surface area contributed by atoms with Crippen molar-refractivity contribution in [1.29, 1.82) is 0 Å². The molecule has 9 heteroatoms. The number of rotatable bonds is 9. The van der Waals surface area contributed by atoms with Crippen molar-refractivity contribution in [3.05, 3.63) is 65.7 Å². The number of nitrogens with zero attached hydrogens (tertiary/aromatic N) is 3. The molecule has 0 fully saturated rings. The lowest BCUT2D eigenvalue weighted by atomic mass is 10.1. The van der Waals surface area contributed by atoms with E-state index in [1.165, 1.54) is 36.4 Å². The number of carbonyl (C=O) groups is 1. The molecular weight excluding hydrogens is 457 g/mol. The maximum Gasteiger partial charge on any atom is 0.573 e. The highest BCUT2D eigenvalue weighted by Crippen LogP contribution is 2.26. The molecule has 1 amide bonds. The topological polar surface area (TPSA) is 57.7 Å². The van der Waals surface area contributed by atoms with Gasteiger partial charge in [0.1, 0.15) is 11.6 Å². The van der Waals surface area contributed by atoms with Crippen LogP contribution in [0.15, 0.2) is 54.6 Å². The number of aromatic nitrogens is 1. The van der Waals surface area contributed by atoms with Crippen molar-refractivity contribution in [2.24, 2.45) is 0 Å². The molecule has 35 heavy (non-hydrogen) atoms. The number of ether oxygens (including phenoxy) is 1. The molecule has 3 aromatic rings. The maximum absolute atomic E-state index is 12.4. The summed E-state index contributed by atoms with van der Waals surface area (Å²) in [7, 11) is 4.09. The number of benzene rings is 2. The van der Waals surface area contributed by atoms with Gasteiger partial charge in [-0.15, -0.1) is 13.2 Å². The zero-order valence-corrected chi connectivity index (χ0v) is 20.2. The van der Waals surface area contributed by atoms with Gasteiger partial charge in [0.25, 0.3) is 0 Å². The molecule has 0 saturated carbocycles. The van der Waals surface area contributed by atoms with E-state index in [1.54, 1.807) is 6.07 Å². The summed E-state index contributed by atoms with van der Waals surface area (Å²) in [4.78, 5) is 21.6. The van der Waals surface area contributed by atoms with Crippen molar-refractivity contribution < 1.29 is 22.7 Å². The SMILES string of the molecule is CCN(CCN(C)C)c1cc(C)c2cc(NC(=O)/C=C/c3ccc(OC(F)(F)F)cc3)ccc2n1. The molecule has 0 saturated heterocycles. The number of likely N-dealkylation sites (N-methyl/N-ethyl adjacent to an activating group) is 2. The fraction of sp³-hybridized carbons (Fsp3) is 0.308. The summed E-state index contributed by atoms with van der Waals surface area (Å²) >= 11 is 0. The van der Waals surface area contributed by atoms with Crippen LogP contribution in [0.2, 0.25) is 0 Å². The van der Waals surface area contributed by atoms with Gasteiger partial charge in [0.05, 0.1) is 5.52 Å². The minimum atomic E-state index is -4.74. The monoisotopic (exact) mass is 486 g/mol. The quantitative estimate of drug-likeness (QED) is 0.406. The van der Waals surface area contributed by atoms with E-state index in [4.69, 9.17) is 4.98 Å². The number of aryl methyl sites for hydroxylation is 1. The minimum absolute atomic E-state index is 0.317. The second kappa shape index (κ2) is 11.2. The van der Waals surface area contributed by atoms with Crippen LogP contribution in [0.5, 0.6) is 5.75 Å². The Morgan fingerprint density at radius 3 is 2.43 bits per heavy atom. The Balaban J connectivity index is 1.69. The number of carbonyl (C=O) groups excluding carboxylic acids is 1. The highest BCUT2D eigenvalue weighted by atomic mass is 19.4. The standard InChI is InChI=1S/C26H29F3N4O2/c1-5-33(15-14-32(3)4)24-16-18(2)22-17-20(9-12-23(22)31-24)30-25(34)13-8-19-6-10-21(11-7-19)35-26(27,28)29/h6-13,16-17H,5,14-15H2,1-4H3,(H,30,34)/b13-8+. The average Bonchev–Trinajstić information content (AvgIpc) is 2.78. The molecule has 3 rings (SSSR count). The van der Waals surface area contributed by atoms with E-state index in [9.17, 15) is 18.0 Å². The summed E-state index contributed by atoms with van der Waals surface area (Å²) < 4.78 is 40.6. The Kier molecular flexibility index (Phi) is 8.34. The zero-order chi connectivity index (χ0) is 25.6. The van der Waals surface area contributed by atoms with Crippen LogP contribution in [0, 0.1) is 6.92 Å². The van der Waals surface area contributed by atoms with E-state index in [2.05, 4.69) is 32.8 Å². The number of anilines is 2. The lowest BCUT2D eigenvalue weighted by molar-refractivity contribution is -0.274. The van der Waals surface area contributed by atoms with Gasteiger partial charge in [-0.2, -0.15) is 0 Å². The number of amides is 1. The molecule has 0 atom stereocenters. The predicted octanol–water partition coefficient (Wildman–Crippen LogP) is 5.48. The van der Waals surface area contributed by atoms with Gasteiger partial charge < -0.3 is 19.9 Å². The number of hydrogen-bond acceptors (Lipinski definition) is 5. The highest BCUT2D eigenvalue weighted by molar-refractivity contribution is 6.03. The van der Waals surface area contributed by atoms with Crippen molar-refractivity contribution in [3.63, 3.8) is 0 Å². The molecule has 1 aromatic heterocycles. The summed E-state index contributed by atoms with van der Waals surface area (Å²) in [5, 5.41) is 3.76. The van der Waals surface area contributed by atoms with E-state index in [1.807, 2.05) is 33.2 Å². The number of nitrogens with one attached hydrogen (secondary N) is 1. The van der Waals surface area contributed by atoms with E-state index < -0.39 is 6.36 Å². The minimum Gasteiger partial charge on any atom is -0.406 e. The summed E-state index contributed by atoms with van der Waals surface area (Å²) in [6, 6.07) is 12.9. The number of pyridine rings is 1. The Labute approximate surface area is 203 Å². The summed E-state index contributed by atoms with van der Waals surface area (Å²) in [5.41, 5.74) is 3.09. The van der Waals surface area contributed by atoms with E-state index in [0.29, 0.717) is 11.3 Å². The van der Waals surface area contributed by atoms with Crippen LogP contribution in [-0.2, 0) is 4.79 Å². The first-order chi connectivity index (χ1) is 16.5. The molecule has 1 N–H and O–H groups in total. The average molecular weight is 487 g/mol. The molecule has 186 valence electrons. The third-order valence-electron chi connectivity index (χ3n) is 5.33. The first kappa shape index (κ1) is 26.0. The van der Waals surface area contributed by atoms with Gasteiger partial charge in [-0.25, -0.2) is 4.98 Å². The Bertz CT molecular complexity index is 1190. The lowest BCUT2D eigenvalue weighted by Crippen LogP contribution is -2.32. The fourth-order valence-corrected chi connectivity index (χ4v) is 3.51. The molecule has 0 aliphatic carbocycles. The van der Waals surface area contributed by atoms with Crippen molar-refractivity contribution >= 4 is 34.4 Å². The van der Waals surface area contributed by atoms with E-state index >= 15 is 0 Å². The van der Waals surface area contributed by atoms with Crippen LogP contribution in [0.4, 0.5) is 24.7 Å². The molecule has 0 unspecified atom stereocenters. The van der Waals surface area contributed by atoms with Crippen LogP contribution >= 0.6 is 0 Å². The van der Waals surface area contributed by atoms with Crippen LogP contribution < -0.4 is 15.0 Å². The number of fused-ring (bicyclic) bond motifs is 1. The van der Waals surface area contributed by atoms with Gasteiger partial charge in [-0.3, -0.25) is 4.79 Å². The van der Waals surface area contributed by atoms with Gasteiger partial charge in [0.2, 0.25) is 5.91 Å². The number of alkyl halides is 3. The zero-order valence-electron chi connectivity index (χ0n) is 20.2. The van der Waals surface area contributed by atoms with Crippen LogP contribution in [0.25, 0.3) is 17.0 Å². The van der Waals surface area contributed by atoms with Crippen molar-refractivity contribution in [2.75, 3.05) is 43.9 Å². The molecule has 2 aromatic carbocycles. The summed E-state index contributed by atoms with van der Waals surface area (Å²) in [6.07, 6.45) is -1.91. The van der Waals surface area contributed by atoms with Crippen LogP contribution in [-0.4, -0.2) is 55.9 Å². The molecular formula is C26H29F3N4O2. The first-order valence-electron chi connectivity index (χ1n) is 11.2. The predicted molar refractivity (Wildman–Crippen MR) is 134 cm³/mol. The lowest BCUT2D eigenvalue weighted by Gasteiger charge is -2.24.